The first-order valence-corrected chi connectivity index (χ1v) is 6.51. The molecule has 0 radical (unpaired) electrons. The van der Waals surface area contributed by atoms with E-state index in [2.05, 4.69) is 25.0 Å². The third-order valence-corrected chi connectivity index (χ3v) is 2.59. The highest BCUT2D eigenvalue weighted by Crippen LogP contribution is 2.05. The molecule has 0 aromatic rings. The fourth-order valence-electron chi connectivity index (χ4n) is 1.44. The molecular formula is C16H23NO2. The van der Waals surface area contributed by atoms with Crippen molar-refractivity contribution in [3.05, 3.63) is 24.8 Å². The zero-order chi connectivity index (χ0) is 14.7. The quantitative estimate of drug-likeness (QED) is 0.383. The fourth-order valence-corrected chi connectivity index (χ4v) is 1.44. The minimum absolute atomic E-state index is 0.0681. The molecule has 0 aliphatic heterocycles. The van der Waals surface area contributed by atoms with Gasteiger partial charge in [0.1, 0.15) is 0 Å². The molecule has 0 heterocycles. The molecule has 0 saturated carbocycles. The summed E-state index contributed by atoms with van der Waals surface area (Å²) in [5.41, 5.74) is 0.799. The average Bonchev–Trinajstić information content (AvgIpc) is 2.37. The highest BCUT2D eigenvalue weighted by Gasteiger charge is 2.06. The van der Waals surface area contributed by atoms with E-state index in [0.29, 0.717) is 19.4 Å². The van der Waals surface area contributed by atoms with Gasteiger partial charge in [0.25, 0.3) is 0 Å². The molecule has 1 amide bonds. The Morgan fingerprint density at radius 3 is 2.42 bits per heavy atom. The summed E-state index contributed by atoms with van der Waals surface area (Å²) in [6.07, 6.45) is 4.89. The van der Waals surface area contributed by atoms with Crippen LogP contribution in [0, 0.1) is 11.8 Å². The minimum Gasteiger partial charge on any atom is -0.335 e. The van der Waals surface area contributed by atoms with Crippen molar-refractivity contribution in [3.63, 3.8) is 0 Å². The standard InChI is InChI=1S/C16H23NO2/c1-5-15(18)11-7-6-8-12-16(19)17(4)13-9-10-14(2)3/h5H,1-2,6-8,11-13H2,3-4H3. The molecule has 0 N–H and O–H groups in total. The van der Waals surface area contributed by atoms with E-state index < -0.39 is 0 Å². The monoisotopic (exact) mass is 261 g/mol. The van der Waals surface area contributed by atoms with Crippen molar-refractivity contribution >= 4 is 11.7 Å². The highest BCUT2D eigenvalue weighted by molar-refractivity contribution is 5.88. The lowest BCUT2D eigenvalue weighted by Crippen LogP contribution is -2.26. The van der Waals surface area contributed by atoms with Crippen molar-refractivity contribution in [2.24, 2.45) is 0 Å². The second kappa shape index (κ2) is 10.1. The van der Waals surface area contributed by atoms with E-state index >= 15 is 0 Å². The minimum atomic E-state index is 0.0681. The summed E-state index contributed by atoms with van der Waals surface area (Å²) in [7, 11) is 1.75. The van der Waals surface area contributed by atoms with E-state index in [1.54, 1.807) is 11.9 Å². The molecule has 0 rings (SSSR count). The first-order valence-electron chi connectivity index (χ1n) is 6.51. The van der Waals surface area contributed by atoms with Crippen LogP contribution in [-0.2, 0) is 9.59 Å². The summed E-state index contributed by atoms with van der Waals surface area (Å²) < 4.78 is 0. The van der Waals surface area contributed by atoms with Crippen molar-refractivity contribution < 1.29 is 9.59 Å². The number of hydrogen-bond donors (Lipinski definition) is 0. The molecule has 0 atom stereocenters. The van der Waals surface area contributed by atoms with Gasteiger partial charge in [-0.1, -0.05) is 31.4 Å². The summed E-state index contributed by atoms with van der Waals surface area (Å²) in [6.45, 7) is 9.36. The van der Waals surface area contributed by atoms with E-state index in [1.807, 2.05) is 6.92 Å². The number of allylic oxidation sites excluding steroid dienone is 2. The third-order valence-electron chi connectivity index (χ3n) is 2.59. The van der Waals surface area contributed by atoms with Gasteiger partial charge in [0.2, 0.25) is 5.91 Å². The van der Waals surface area contributed by atoms with Gasteiger partial charge in [-0.2, -0.15) is 0 Å². The van der Waals surface area contributed by atoms with E-state index in [9.17, 15) is 9.59 Å². The van der Waals surface area contributed by atoms with Gasteiger partial charge in [0, 0.05) is 19.9 Å². The van der Waals surface area contributed by atoms with Gasteiger partial charge in [-0.05, 0) is 31.4 Å². The number of rotatable bonds is 8. The van der Waals surface area contributed by atoms with Crippen LogP contribution >= 0.6 is 0 Å². The largest absolute Gasteiger partial charge is 0.335 e. The smallest absolute Gasteiger partial charge is 0.223 e. The molecule has 0 fully saturated rings. The van der Waals surface area contributed by atoms with Crippen molar-refractivity contribution in [1.82, 2.24) is 4.90 Å². The van der Waals surface area contributed by atoms with Gasteiger partial charge >= 0.3 is 0 Å². The average molecular weight is 261 g/mol. The number of ketones is 1. The lowest BCUT2D eigenvalue weighted by atomic mass is 10.1. The number of unbranched alkanes of at least 4 members (excludes halogenated alkanes) is 2. The first-order chi connectivity index (χ1) is 8.97. The summed E-state index contributed by atoms with van der Waals surface area (Å²) in [4.78, 5) is 24.3. The molecule has 0 aliphatic rings. The van der Waals surface area contributed by atoms with Gasteiger partial charge < -0.3 is 4.90 Å². The van der Waals surface area contributed by atoms with Crippen LogP contribution in [0.25, 0.3) is 0 Å². The SMILES string of the molecule is C=CC(=O)CCCCCC(=O)N(C)CC#CC(=C)C. The molecule has 0 spiro atoms. The van der Waals surface area contributed by atoms with E-state index in [1.165, 1.54) is 6.08 Å². The van der Waals surface area contributed by atoms with Crippen LogP contribution in [0.15, 0.2) is 24.8 Å². The Bertz CT molecular complexity index is 399. The normalized spacial score (nSPS) is 9.16. The predicted octanol–water partition coefficient (Wildman–Crippen LogP) is 2.73. The van der Waals surface area contributed by atoms with E-state index in [0.717, 1.165) is 24.8 Å². The molecule has 0 bridgehead atoms. The summed E-state index contributed by atoms with van der Waals surface area (Å²) in [5, 5.41) is 0. The number of amides is 1. The maximum absolute atomic E-state index is 11.7. The molecule has 0 saturated heterocycles. The van der Waals surface area contributed by atoms with Gasteiger partial charge in [0.05, 0.1) is 6.54 Å². The van der Waals surface area contributed by atoms with Gasteiger partial charge in [-0.15, -0.1) is 0 Å². The zero-order valence-electron chi connectivity index (χ0n) is 12.0. The maximum atomic E-state index is 11.7. The van der Waals surface area contributed by atoms with Crippen LogP contribution < -0.4 is 0 Å². The molecule has 0 aromatic heterocycles. The lowest BCUT2D eigenvalue weighted by Gasteiger charge is -2.13. The molecule has 104 valence electrons. The van der Waals surface area contributed by atoms with Crippen LogP contribution in [0.1, 0.15) is 39.0 Å². The van der Waals surface area contributed by atoms with E-state index in [-0.39, 0.29) is 11.7 Å². The Morgan fingerprint density at radius 2 is 1.84 bits per heavy atom. The maximum Gasteiger partial charge on any atom is 0.223 e. The van der Waals surface area contributed by atoms with Crippen LogP contribution in [-0.4, -0.2) is 30.2 Å². The van der Waals surface area contributed by atoms with Gasteiger partial charge in [-0.25, -0.2) is 0 Å². The second-order valence-electron chi connectivity index (χ2n) is 4.56. The molecule has 3 nitrogen and oxygen atoms in total. The molecule has 0 aliphatic carbocycles. The Balaban J connectivity index is 3.74. The lowest BCUT2D eigenvalue weighted by molar-refractivity contribution is -0.129. The number of carbonyl (C=O) groups is 2. The van der Waals surface area contributed by atoms with Crippen molar-refractivity contribution in [2.75, 3.05) is 13.6 Å². The van der Waals surface area contributed by atoms with Crippen LogP contribution in [0.4, 0.5) is 0 Å². The van der Waals surface area contributed by atoms with Crippen LogP contribution in [0.2, 0.25) is 0 Å². The van der Waals surface area contributed by atoms with Crippen molar-refractivity contribution in [1.29, 1.82) is 0 Å². The third kappa shape index (κ3) is 9.84. The topological polar surface area (TPSA) is 37.4 Å². The Kier molecular flexibility index (Phi) is 9.16. The van der Waals surface area contributed by atoms with E-state index in [4.69, 9.17) is 0 Å². The number of carbonyl (C=O) groups excluding carboxylic acids is 2. The Morgan fingerprint density at radius 1 is 1.21 bits per heavy atom. The highest BCUT2D eigenvalue weighted by atomic mass is 16.2. The molecule has 0 aromatic carbocycles. The van der Waals surface area contributed by atoms with Crippen molar-refractivity contribution in [2.45, 2.75) is 39.0 Å². The summed E-state index contributed by atoms with van der Waals surface area (Å²) in [5.74, 6) is 5.89. The Hall–Kier alpha value is -1.82. The van der Waals surface area contributed by atoms with Crippen molar-refractivity contribution in [3.8, 4) is 11.8 Å². The molecular weight excluding hydrogens is 238 g/mol. The zero-order valence-corrected chi connectivity index (χ0v) is 12.0. The summed E-state index contributed by atoms with van der Waals surface area (Å²) >= 11 is 0. The van der Waals surface area contributed by atoms with Crippen LogP contribution in [0.3, 0.4) is 0 Å². The predicted molar refractivity (Wildman–Crippen MR) is 78.5 cm³/mol. The molecule has 0 unspecified atom stereocenters. The molecule has 3 heteroatoms. The van der Waals surface area contributed by atoms with Gasteiger partial charge in [0.15, 0.2) is 5.78 Å². The van der Waals surface area contributed by atoms with Gasteiger partial charge in [-0.3, -0.25) is 9.59 Å². The summed E-state index contributed by atoms with van der Waals surface area (Å²) in [6, 6.07) is 0. The second-order valence-corrected chi connectivity index (χ2v) is 4.56. The van der Waals surface area contributed by atoms with Crippen LogP contribution in [0.5, 0.6) is 0 Å². The number of nitrogens with zero attached hydrogens (tertiary/aromatic N) is 1. The Labute approximate surface area is 116 Å². The first kappa shape index (κ1) is 17.2. The molecule has 19 heavy (non-hydrogen) atoms. The fraction of sp³-hybridized carbons (Fsp3) is 0.500. The number of hydrogen-bond acceptors (Lipinski definition) is 2.